The van der Waals surface area contributed by atoms with Gasteiger partial charge in [-0.2, -0.15) is 0 Å². The fourth-order valence-electron chi connectivity index (χ4n) is 2.49. The Labute approximate surface area is 116 Å². The molecule has 0 radical (unpaired) electrons. The van der Waals surface area contributed by atoms with Gasteiger partial charge in [-0.25, -0.2) is 4.79 Å². The Morgan fingerprint density at radius 1 is 1.35 bits per heavy atom. The normalized spacial score (nSPS) is 17.6. The van der Waals surface area contributed by atoms with E-state index >= 15 is 0 Å². The molecule has 0 saturated heterocycles. The van der Waals surface area contributed by atoms with E-state index < -0.39 is 11.5 Å². The quantitative estimate of drug-likeness (QED) is 0.797. The lowest BCUT2D eigenvalue weighted by atomic mass is 9.95. The second-order valence-corrected chi connectivity index (χ2v) is 5.52. The number of carboxylic acid groups (broad SMARTS) is 1. The first-order valence-electron chi connectivity index (χ1n) is 6.64. The maximum atomic E-state index is 12.3. The number of carbonyl (C=O) groups is 2. The van der Waals surface area contributed by atoms with Gasteiger partial charge in [0.05, 0.1) is 0 Å². The Morgan fingerprint density at radius 3 is 2.75 bits per heavy atom. The number of aromatic nitrogens is 1. The molecule has 1 atom stereocenters. The van der Waals surface area contributed by atoms with Crippen LogP contribution in [0.3, 0.4) is 0 Å². The van der Waals surface area contributed by atoms with Crippen molar-refractivity contribution in [1.82, 2.24) is 10.3 Å². The number of carbonyl (C=O) groups excluding carboxylic acids is 1. The number of nitrogens with one attached hydrogen (secondary N) is 2. The van der Waals surface area contributed by atoms with Crippen LogP contribution in [0.5, 0.6) is 0 Å². The molecule has 0 bridgehead atoms. The zero-order valence-electron chi connectivity index (χ0n) is 11.1. The summed E-state index contributed by atoms with van der Waals surface area (Å²) < 4.78 is 0. The maximum Gasteiger partial charge on any atom is 0.329 e. The lowest BCUT2D eigenvalue weighted by molar-refractivity contribution is -0.144. The Morgan fingerprint density at radius 2 is 2.10 bits per heavy atom. The number of carboxylic acids is 1. The van der Waals surface area contributed by atoms with Gasteiger partial charge in [-0.15, -0.1) is 0 Å². The Kier molecular flexibility index (Phi) is 2.78. The van der Waals surface area contributed by atoms with E-state index in [0.29, 0.717) is 5.56 Å². The van der Waals surface area contributed by atoms with Crippen molar-refractivity contribution in [1.29, 1.82) is 0 Å². The van der Waals surface area contributed by atoms with Crippen LogP contribution < -0.4 is 5.32 Å². The van der Waals surface area contributed by atoms with Crippen molar-refractivity contribution in [3.63, 3.8) is 0 Å². The molecule has 1 aliphatic carbocycles. The van der Waals surface area contributed by atoms with Gasteiger partial charge in [0.25, 0.3) is 5.91 Å². The summed E-state index contributed by atoms with van der Waals surface area (Å²) in [6, 6.07) is 7.21. The third-order valence-corrected chi connectivity index (χ3v) is 4.03. The standard InChI is InChI=1S/C15H16N2O3/c1-15(14(19)20,11-4-5-11)17-13(18)10-3-2-9-6-7-16-12(9)8-10/h2-3,6-8,11,16H,4-5H2,1H3,(H,17,18)(H,19,20). The molecule has 3 N–H and O–H groups in total. The van der Waals surface area contributed by atoms with E-state index in [2.05, 4.69) is 10.3 Å². The SMILES string of the molecule is CC(NC(=O)c1ccc2cc[nH]c2c1)(C(=O)O)C1CC1. The number of aliphatic carboxylic acids is 1. The minimum absolute atomic E-state index is 0.0261. The smallest absolute Gasteiger partial charge is 0.329 e. The topological polar surface area (TPSA) is 82.2 Å². The van der Waals surface area contributed by atoms with E-state index in [1.165, 1.54) is 0 Å². The molecule has 0 spiro atoms. The highest BCUT2D eigenvalue weighted by Gasteiger charge is 2.48. The molecule has 1 saturated carbocycles. The number of rotatable bonds is 4. The molecule has 1 aliphatic rings. The highest BCUT2D eigenvalue weighted by atomic mass is 16.4. The van der Waals surface area contributed by atoms with Gasteiger partial charge in [0.1, 0.15) is 5.54 Å². The van der Waals surface area contributed by atoms with Crippen molar-refractivity contribution >= 4 is 22.8 Å². The van der Waals surface area contributed by atoms with Gasteiger partial charge in [0.2, 0.25) is 0 Å². The summed E-state index contributed by atoms with van der Waals surface area (Å²) in [5.41, 5.74) is 0.149. The van der Waals surface area contributed by atoms with Crippen molar-refractivity contribution in [3.8, 4) is 0 Å². The van der Waals surface area contributed by atoms with E-state index in [4.69, 9.17) is 0 Å². The van der Waals surface area contributed by atoms with E-state index in [9.17, 15) is 14.7 Å². The fourth-order valence-corrected chi connectivity index (χ4v) is 2.49. The summed E-state index contributed by atoms with van der Waals surface area (Å²) in [7, 11) is 0. The van der Waals surface area contributed by atoms with Crippen molar-refractivity contribution in [2.75, 3.05) is 0 Å². The molecule has 5 heteroatoms. The van der Waals surface area contributed by atoms with Crippen LogP contribution in [0, 0.1) is 5.92 Å². The number of fused-ring (bicyclic) bond motifs is 1. The highest BCUT2D eigenvalue weighted by Crippen LogP contribution is 2.39. The van der Waals surface area contributed by atoms with Crippen LogP contribution in [0.1, 0.15) is 30.1 Å². The van der Waals surface area contributed by atoms with E-state index in [1.807, 2.05) is 12.1 Å². The van der Waals surface area contributed by atoms with Gasteiger partial charge in [-0.3, -0.25) is 4.79 Å². The number of hydrogen-bond acceptors (Lipinski definition) is 2. The molecule has 3 rings (SSSR count). The molecule has 2 aromatic rings. The van der Waals surface area contributed by atoms with Crippen LogP contribution in [0.2, 0.25) is 0 Å². The maximum absolute atomic E-state index is 12.3. The number of aromatic amines is 1. The zero-order valence-corrected chi connectivity index (χ0v) is 11.1. The first kappa shape index (κ1) is 12.7. The molecular formula is C15H16N2O3. The molecule has 20 heavy (non-hydrogen) atoms. The molecule has 1 heterocycles. The van der Waals surface area contributed by atoms with Gasteiger partial charge in [-0.05, 0) is 49.3 Å². The number of hydrogen-bond donors (Lipinski definition) is 3. The molecule has 0 aliphatic heterocycles. The van der Waals surface area contributed by atoms with Gasteiger partial charge in [0, 0.05) is 17.3 Å². The molecule has 1 aromatic carbocycles. The van der Waals surface area contributed by atoms with Crippen molar-refractivity contribution in [3.05, 3.63) is 36.0 Å². The molecule has 1 unspecified atom stereocenters. The van der Waals surface area contributed by atoms with E-state index in [0.717, 1.165) is 23.7 Å². The van der Waals surface area contributed by atoms with Gasteiger partial charge in [-0.1, -0.05) is 6.07 Å². The molecule has 1 amide bonds. The average Bonchev–Trinajstić information content (AvgIpc) is 3.16. The van der Waals surface area contributed by atoms with E-state index in [1.54, 1.807) is 25.3 Å². The molecule has 1 fully saturated rings. The predicted molar refractivity (Wildman–Crippen MR) is 74.5 cm³/mol. The van der Waals surface area contributed by atoms with Crippen LogP contribution in [0.15, 0.2) is 30.5 Å². The predicted octanol–water partition coefficient (Wildman–Crippen LogP) is 2.15. The van der Waals surface area contributed by atoms with Crippen LogP contribution in [-0.2, 0) is 4.79 Å². The molecule has 1 aromatic heterocycles. The van der Waals surface area contributed by atoms with E-state index in [-0.39, 0.29) is 11.8 Å². The minimum Gasteiger partial charge on any atom is -0.480 e. The lowest BCUT2D eigenvalue weighted by Crippen LogP contribution is -2.54. The third kappa shape index (κ3) is 2.05. The van der Waals surface area contributed by atoms with Crippen LogP contribution in [0.4, 0.5) is 0 Å². The van der Waals surface area contributed by atoms with Crippen molar-refractivity contribution in [2.24, 2.45) is 5.92 Å². The Balaban J connectivity index is 1.86. The van der Waals surface area contributed by atoms with Crippen molar-refractivity contribution < 1.29 is 14.7 Å². The second kappa shape index (κ2) is 4.37. The molecular weight excluding hydrogens is 256 g/mol. The molecule has 104 valence electrons. The Hall–Kier alpha value is -2.30. The highest BCUT2D eigenvalue weighted by molar-refractivity contribution is 6.00. The summed E-state index contributed by atoms with van der Waals surface area (Å²) >= 11 is 0. The van der Waals surface area contributed by atoms with Gasteiger partial charge < -0.3 is 15.4 Å². The van der Waals surface area contributed by atoms with Crippen LogP contribution in [0.25, 0.3) is 10.9 Å². The molecule has 5 nitrogen and oxygen atoms in total. The van der Waals surface area contributed by atoms with Crippen molar-refractivity contribution in [2.45, 2.75) is 25.3 Å². The number of benzene rings is 1. The summed E-state index contributed by atoms with van der Waals surface area (Å²) in [5, 5.41) is 13.1. The number of H-pyrrole nitrogens is 1. The number of amides is 1. The summed E-state index contributed by atoms with van der Waals surface area (Å²) in [4.78, 5) is 26.7. The van der Waals surface area contributed by atoms with Crippen LogP contribution >= 0.6 is 0 Å². The van der Waals surface area contributed by atoms with Gasteiger partial charge in [0.15, 0.2) is 0 Å². The van der Waals surface area contributed by atoms with Crippen LogP contribution in [-0.4, -0.2) is 27.5 Å². The monoisotopic (exact) mass is 272 g/mol. The minimum atomic E-state index is -1.18. The zero-order chi connectivity index (χ0) is 14.3. The third-order valence-electron chi connectivity index (χ3n) is 4.03. The largest absolute Gasteiger partial charge is 0.480 e. The second-order valence-electron chi connectivity index (χ2n) is 5.52. The Bertz CT molecular complexity index is 687. The van der Waals surface area contributed by atoms with Gasteiger partial charge >= 0.3 is 5.97 Å². The summed E-state index contributed by atoms with van der Waals surface area (Å²) in [6.07, 6.45) is 3.50. The fraction of sp³-hybridized carbons (Fsp3) is 0.333. The average molecular weight is 272 g/mol. The summed E-state index contributed by atoms with van der Waals surface area (Å²) in [5.74, 6) is -1.30. The summed E-state index contributed by atoms with van der Waals surface area (Å²) in [6.45, 7) is 1.58. The lowest BCUT2D eigenvalue weighted by Gasteiger charge is -2.26. The first-order valence-corrected chi connectivity index (χ1v) is 6.64. The first-order chi connectivity index (χ1) is 9.50.